The van der Waals surface area contributed by atoms with Gasteiger partial charge in [0, 0.05) is 5.69 Å². The molecular weight excluding hydrogens is 421 g/mol. The largest absolute Gasteiger partial charge is 0.449 e. The Bertz CT molecular complexity index is 1130. The predicted molar refractivity (Wildman–Crippen MR) is 117 cm³/mol. The van der Waals surface area contributed by atoms with E-state index in [1.807, 2.05) is 32.9 Å². The van der Waals surface area contributed by atoms with E-state index in [4.69, 9.17) is 16.3 Å². The second-order valence-corrected chi connectivity index (χ2v) is 7.81. The van der Waals surface area contributed by atoms with Crippen LogP contribution in [-0.4, -0.2) is 27.8 Å². The van der Waals surface area contributed by atoms with Gasteiger partial charge in [-0.05, 0) is 70.0 Å². The average molecular weight is 444 g/mol. The van der Waals surface area contributed by atoms with Gasteiger partial charge >= 0.3 is 5.97 Å². The molecule has 0 saturated carbocycles. The highest BCUT2D eigenvalue weighted by Crippen LogP contribution is 2.26. The molecule has 3 aromatic rings. The topological polar surface area (TPSA) is 73.2 Å². The van der Waals surface area contributed by atoms with Crippen molar-refractivity contribution in [3.05, 3.63) is 75.3 Å². The van der Waals surface area contributed by atoms with Gasteiger partial charge < -0.3 is 10.1 Å². The minimum atomic E-state index is -1.06. The van der Waals surface area contributed by atoms with E-state index in [9.17, 15) is 14.0 Å². The predicted octanol–water partition coefficient (Wildman–Crippen LogP) is 5.08. The first-order valence-electron chi connectivity index (χ1n) is 9.69. The molecule has 31 heavy (non-hydrogen) atoms. The molecule has 0 spiro atoms. The number of aromatic nitrogens is 2. The Kier molecular flexibility index (Phi) is 6.45. The van der Waals surface area contributed by atoms with E-state index in [0.29, 0.717) is 17.1 Å². The average Bonchev–Trinajstić information content (AvgIpc) is 2.99. The third kappa shape index (κ3) is 4.77. The molecule has 1 amide bonds. The molecule has 1 atom stereocenters. The van der Waals surface area contributed by atoms with Crippen LogP contribution in [0.15, 0.2) is 36.4 Å². The number of nitrogens with one attached hydrogen (secondary N) is 1. The molecule has 0 radical (unpaired) electrons. The molecule has 1 aromatic heterocycles. The molecule has 0 bridgehead atoms. The van der Waals surface area contributed by atoms with Gasteiger partial charge in [-0.2, -0.15) is 5.10 Å². The minimum Gasteiger partial charge on any atom is -0.449 e. The quantitative estimate of drug-likeness (QED) is 0.558. The summed E-state index contributed by atoms with van der Waals surface area (Å²) in [6, 6.07) is 9.44. The lowest BCUT2D eigenvalue weighted by atomic mass is 10.0. The molecule has 0 aliphatic carbocycles. The van der Waals surface area contributed by atoms with Gasteiger partial charge in [-0.15, -0.1) is 0 Å². The zero-order valence-corrected chi connectivity index (χ0v) is 18.7. The van der Waals surface area contributed by atoms with Crippen LogP contribution in [0.1, 0.15) is 39.7 Å². The van der Waals surface area contributed by atoms with Gasteiger partial charge in [-0.3, -0.25) is 4.79 Å². The van der Waals surface area contributed by atoms with E-state index in [-0.39, 0.29) is 10.7 Å². The Morgan fingerprint density at radius 3 is 2.26 bits per heavy atom. The summed E-state index contributed by atoms with van der Waals surface area (Å²) in [5, 5.41) is 7.09. The lowest BCUT2D eigenvalue weighted by molar-refractivity contribution is -0.123. The first-order valence-corrected chi connectivity index (χ1v) is 10.1. The SMILES string of the molecule is Cc1cc(C)c(NC(=O)C(C)OC(=O)c2c(C)nn(-c3ccc(F)cc3)c2Cl)c(C)c1. The molecule has 1 unspecified atom stereocenters. The van der Waals surface area contributed by atoms with E-state index in [2.05, 4.69) is 10.4 Å². The highest BCUT2D eigenvalue weighted by molar-refractivity contribution is 6.33. The molecule has 0 aliphatic heterocycles. The van der Waals surface area contributed by atoms with Crippen LogP contribution in [0.3, 0.4) is 0 Å². The highest BCUT2D eigenvalue weighted by Gasteiger charge is 2.26. The van der Waals surface area contributed by atoms with Gasteiger partial charge in [0.05, 0.1) is 11.4 Å². The van der Waals surface area contributed by atoms with Crippen molar-refractivity contribution in [2.75, 3.05) is 5.32 Å². The van der Waals surface area contributed by atoms with E-state index in [0.717, 1.165) is 16.7 Å². The van der Waals surface area contributed by atoms with Crippen molar-refractivity contribution in [3.8, 4) is 5.69 Å². The normalized spacial score (nSPS) is 11.8. The maximum absolute atomic E-state index is 13.2. The number of hydrogen-bond acceptors (Lipinski definition) is 4. The summed E-state index contributed by atoms with van der Waals surface area (Å²) in [6.45, 7) is 8.87. The molecule has 6 nitrogen and oxygen atoms in total. The first kappa shape index (κ1) is 22.5. The molecule has 2 aromatic carbocycles. The third-order valence-electron chi connectivity index (χ3n) is 4.86. The number of anilines is 1. The summed E-state index contributed by atoms with van der Waals surface area (Å²) in [4.78, 5) is 25.4. The van der Waals surface area contributed by atoms with E-state index >= 15 is 0 Å². The molecular formula is C23H23ClFN3O3. The number of esters is 1. The number of carbonyl (C=O) groups excluding carboxylic acids is 2. The summed E-state index contributed by atoms with van der Waals surface area (Å²) in [7, 11) is 0. The molecule has 8 heteroatoms. The van der Waals surface area contributed by atoms with E-state index in [1.54, 1.807) is 6.92 Å². The molecule has 3 rings (SSSR count). The second kappa shape index (κ2) is 8.89. The number of halogens is 2. The number of benzene rings is 2. The van der Waals surface area contributed by atoms with Crippen molar-refractivity contribution < 1.29 is 18.7 Å². The Morgan fingerprint density at radius 2 is 1.68 bits per heavy atom. The number of rotatable bonds is 5. The highest BCUT2D eigenvalue weighted by atomic mass is 35.5. The fourth-order valence-electron chi connectivity index (χ4n) is 3.36. The lowest BCUT2D eigenvalue weighted by Gasteiger charge is -2.17. The Morgan fingerprint density at radius 1 is 1.10 bits per heavy atom. The summed E-state index contributed by atoms with van der Waals surface area (Å²) >= 11 is 6.35. The standard InChI is InChI=1S/C23H23ClFN3O3/c1-12-10-13(2)20(14(3)11-12)26-22(29)16(5)31-23(30)19-15(4)27-28(21(19)24)18-8-6-17(25)7-9-18/h6-11,16H,1-5H3,(H,26,29). The van der Waals surface area contributed by atoms with E-state index in [1.165, 1.54) is 35.9 Å². The summed E-state index contributed by atoms with van der Waals surface area (Å²) < 4.78 is 19.9. The van der Waals surface area contributed by atoms with Crippen LogP contribution >= 0.6 is 11.6 Å². The maximum Gasteiger partial charge on any atom is 0.344 e. The van der Waals surface area contributed by atoms with Crippen LogP contribution in [0.2, 0.25) is 5.15 Å². The van der Waals surface area contributed by atoms with Crippen molar-refractivity contribution in [3.63, 3.8) is 0 Å². The van der Waals surface area contributed by atoms with Crippen LogP contribution in [0.4, 0.5) is 10.1 Å². The first-order chi connectivity index (χ1) is 14.6. The van der Waals surface area contributed by atoms with Gasteiger partial charge in [0.2, 0.25) is 0 Å². The number of hydrogen-bond donors (Lipinski definition) is 1. The second-order valence-electron chi connectivity index (χ2n) is 7.45. The molecule has 0 saturated heterocycles. The monoisotopic (exact) mass is 443 g/mol. The Labute approximate surface area is 185 Å². The van der Waals surface area contributed by atoms with Gasteiger partial charge in [0.1, 0.15) is 16.5 Å². The van der Waals surface area contributed by atoms with Crippen LogP contribution in [0.25, 0.3) is 5.69 Å². The number of nitrogens with zero attached hydrogens (tertiary/aromatic N) is 2. The van der Waals surface area contributed by atoms with Gasteiger partial charge in [0.25, 0.3) is 5.91 Å². The maximum atomic E-state index is 13.2. The van der Waals surface area contributed by atoms with Crippen LogP contribution in [-0.2, 0) is 9.53 Å². The molecule has 0 aliphatic rings. The van der Waals surface area contributed by atoms with Crippen LogP contribution < -0.4 is 5.32 Å². The van der Waals surface area contributed by atoms with Gasteiger partial charge in [0.15, 0.2) is 6.10 Å². The van der Waals surface area contributed by atoms with Crippen molar-refractivity contribution in [1.82, 2.24) is 9.78 Å². The fourth-order valence-corrected chi connectivity index (χ4v) is 3.71. The number of ether oxygens (including phenoxy) is 1. The zero-order chi connectivity index (χ0) is 22.9. The molecule has 162 valence electrons. The van der Waals surface area contributed by atoms with Crippen LogP contribution in [0.5, 0.6) is 0 Å². The van der Waals surface area contributed by atoms with Crippen molar-refractivity contribution >= 4 is 29.2 Å². The van der Waals surface area contributed by atoms with Crippen molar-refractivity contribution in [2.45, 2.75) is 40.7 Å². The molecule has 1 heterocycles. The van der Waals surface area contributed by atoms with Gasteiger partial charge in [-0.1, -0.05) is 29.3 Å². The number of amides is 1. The van der Waals surface area contributed by atoms with Crippen molar-refractivity contribution in [2.24, 2.45) is 0 Å². The fraction of sp³-hybridized carbons (Fsp3) is 0.261. The number of aryl methyl sites for hydroxylation is 4. The minimum absolute atomic E-state index is 0.0203. The zero-order valence-electron chi connectivity index (χ0n) is 17.9. The van der Waals surface area contributed by atoms with Crippen molar-refractivity contribution in [1.29, 1.82) is 0 Å². The molecule has 1 N–H and O–H groups in total. The Balaban J connectivity index is 1.77. The van der Waals surface area contributed by atoms with Crippen LogP contribution in [0, 0.1) is 33.5 Å². The smallest absolute Gasteiger partial charge is 0.344 e. The Hall–Kier alpha value is -3.19. The number of carbonyl (C=O) groups is 2. The molecule has 0 fully saturated rings. The van der Waals surface area contributed by atoms with Gasteiger partial charge in [-0.25, -0.2) is 13.9 Å². The summed E-state index contributed by atoms with van der Waals surface area (Å²) in [5.74, 6) is -1.62. The van der Waals surface area contributed by atoms with E-state index < -0.39 is 23.8 Å². The summed E-state index contributed by atoms with van der Waals surface area (Å²) in [6.07, 6.45) is -1.06. The lowest BCUT2D eigenvalue weighted by Crippen LogP contribution is -2.30. The third-order valence-corrected chi connectivity index (χ3v) is 5.21. The summed E-state index contributed by atoms with van der Waals surface area (Å²) in [5.41, 5.74) is 4.50.